The number of nitrogens with one attached hydrogen (secondary N) is 2. The maximum absolute atomic E-state index is 5.31. The SMILES string of the molecule is CCNC(=NCCc1nc(-c2ccco2)n[nH]1)N(C)Cc1ccc(Br)s1.I. The molecule has 0 amide bonds. The first-order chi connectivity index (χ1) is 12.7. The first kappa shape index (κ1) is 21.9. The molecule has 27 heavy (non-hydrogen) atoms. The van der Waals surface area contributed by atoms with Crippen LogP contribution in [-0.2, 0) is 13.0 Å². The molecule has 0 unspecified atom stereocenters. The van der Waals surface area contributed by atoms with Gasteiger partial charge in [0, 0.05) is 31.4 Å². The number of rotatable bonds is 7. The molecule has 0 aliphatic heterocycles. The molecule has 0 atom stereocenters. The molecule has 0 saturated heterocycles. The van der Waals surface area contributed by atoms with Crippen LogP contribution in [0.4, 0.5) is 0 Å². The van der Waals surface area contributed by atoms with Crippen molar-refractivity contribution in [3.05, 3.63) is 45.0 Å². The summed E-state index contributed by atoms with van der Waals surface area (Å²) in [4.78, 5) is 12.5. The molecule has 2 N–H and O–H groups in total. The summed E-state index contributed by atoms with van der Waals surface area (Å²) in [6, 6.07) is 7.85. The van der Waals surface area contributed by atoms with Gasteiger partial charge in [0.25, 0.3) is 0 Å². The molecule has 0 spiro atoms. The van der Waals surface area contributed by atoms with Crippen molar-refractivity contribution in [3.8, 4) is 11.6 Å². The minimum Gasteiger partial charge on any atom is -0.461 e. The lowest BCUT2D eigenvalue weighted by Crippen LogP contribution is -2.38. The first-order valence-corrected chi connectivity index (χ1v) is 9.95. The third kappa shape index (κ3) is 6.32. The molecule has 3 aromatic heterocycles. The van der Waals surface area contributed by atoms with Gasteiger partial charge in [-0.15, -0.1) is 35.3 Å². The van der Waals surface area contributed by atoms with E-state index in [-0.39, 0.29) is 24.0 Å². The summed E-state index contributed by atoms with van der Waals surface area (Å²) in [5.74, 6) is 2.90. The van der Waals surface area contributed by atoms with E-state index in [4.69, 9.17) is 9.41 Å². The Morgan fingerprint density at radius 2 is 2.26 bits per heavy atom. The number of hydrogen-bond acceptors (Lipinski definition) is 5. The number of aliphatic imine (C=N–C) groups is 1. The van der Waals surface area contributed by atoms with Crippen molar-refractivity contribution in [2.45, 2.75) is 19.9 Å². The Morgan fingerprint density at radius 3 is 2.93 bits per heavy atom. The Balaban J connectivity index is 0.00000261. The summed E-state index contributed by atoms with van der Waals surface area (Å²) in [6.07, 6.45) is 2.29. The molecule has 7 nitrogen and oxygen atoms in total. The zero-order valence-electron chi connectivity index (χ0n) is 15.1. The van der Waals surface area contributed by atoms with E-state index in [2.05, 4.69) is 60.4 Å². The van der Waals surface area contributed by atoms with Crippen LogP contribution in [0.15, 0.2) is 43.7 Å². The second kappa shape index (κ2) is 10.8. The van der Waals surface area contributed by atoms with E-state index in [1.54, 1.807) is 17.6 Å². The second-order valence-electron chi connectivity index (χ2n) is 5.63. The van der Waals surface area contributed by atoms with Gasteiger partial charge in [-0.2, -0.15) is 5.10 Å². The van der Waals surface area contributed by atoms with E-state index in [9.17, 15) is 0 Å². The van der Waals surface area contributed by atoms with E-state index in [1.807, 2.05) is 19.2 Å². The number of furan rings is 1. The van der Waals surface area contributed by atoms with Gasteiger partial charge in [0.05, 0.1) is 16.6 Å². The van der Waals surface area contributed by atoms with E-state index in [1.165, 1.54) is 4.88 Å². The molecule has 0 bridgehead atoms. The molecule has 146 valence electrons. The predicted octanol–water partition coefficient (Wildman–Crippen LogP) is 4.15. The van der Waals surface area contributed by atoms with Crippen molar-refractivity contribution in [1.82, 2.24) is 25.4 Å². The highest BCUT2D eigenvalue weighted by atomic mass is 127. The van der Waals surface area contributed by atoms with Crippen LogP contribution in [0.3, 0.4) is 0 Å². The van der Waals surface area contributed by atoms with Crippen molar-refractivity contribution in [2.75, 3.05) is 20.1 Å². The Bertz CT molecular complexity index is 847. The molecule has 0 aromatic carbocycles. The molecule has 10 heteroatoms. The zero-order chi connectivity index (χ0) is 18.4. The van der Waals surface area contributed by atoms with Gasteiger partial charge in [0.2, 0.25) is 5.82 Å². The third-order valence-corrected chi connectivity index (χ3v) is 5.21. The van der Waals surface area contributed by atoms with Crippen LogP contribution in [0.5, 0.6) is 0 Å². The Hall–Kier alpha value is -1.40. The standard InChI is InChI=1S/C17H21BrN6OS.HI/c1-3-19-17(24(2)11-12-6-7-14(18)26-12)20-9-8-15-21-16(23-22-15)13-5-4-10-25-13;/h4-7,10H,3,8-9,11H2,1-2H3,(H,19,20)(H,21,22,23);1H. The van der Waals surface area contributed by atoms with E-state index in [0.29, 0.717) is 24.6 Å². The molecule has 0 saturated carbocycles. The van der Waals surface area contributed by atoms with Gasteiger partial charge in [-0.1, -0.05) is 0 Å². The fourth-order valence-corrected chi connectivity index (χ4v) is 3.94. The molecule has 3 heterocycles. The summed E-state index contributed by atoms with van der Waals surface area (Å²) in [5.41, 5.74) is 0. The monoisotopic (exact) mass is 564 g/mol. The van der Waals surface area contributed by atoms with Crippen LogP contribution in [0.2, 0.25) is 0 Å². The molecule has 0 aliphatic rings. The quantitative estimate of drug-likeness (QED) is 0.256. The topological polar surface area (TPSA) is 82.3 Å². The van der Waals surface area contributed by atoms with Crippen LogP contribution in [0, 0.1) is 0 Å². The average molecular weight is 565 g/mol. The van der Waals surface area contributed by atoms with E-state index in [0.717, 1.165) is 28.7 Å². The number of thiophene rings is 1. The van der Waals surface area contributed by atoms with Gasteiger partial charge < -0.3 is 14.6 Å². The smallest absolute Gasteiger partial charge is 0.216 e. The summed E-state index contributed by atoms with van der Waals surface area (Å²) in [5, 5.41) is 10.5. The zero-order valence-corrected chi connectivity index (χ0v) is 19.8. The fourth-order valence-electron chi connectivity index (χ4n) is 2.41. The normalized spacial score (nSPS) is 11.3. The number of hydrogen-bond donors (Lipinski definition) is 2. The minimum absolute atomic E-state index is 0. The van der Waals surface area contributed by atoms with Crippen LogP contribution >= 0.6 is 51.2 Å². The van der Waals surface area contributed by atoms with Gasteiger partial charge in [-0.3, -0.25) is 10.1 Å². The highest BCUT2D eigenvalue weighted by Crippen LogP contribution is 2.23. The molecular formula is C17H22BrIN6OS. The van der Waals surface area contributed by atoms with Crippen molar-refractivity contribution in [2.24, 2.45) is 4.99 Å². The van der Waals surface area contributed by atoms with Gasteiger partial charge in [0.15, 0.2) is 11.7 Å². The second-order valence-corrected chi connectivity index (χ2v) is 8.18. The van der Waals surface area contributed by atoms with Crippen LogP contribution < -0.4 is 5.32 Å². The maximum Gasteiger partial charge on any atom is 0.216 e. The summed E-state index contributed by atoms with van der Waals surface area (Å²) in [6.45, 7) is 4.32. The van der Waals surface area contributed by atoms with E-state index < -0.39 is 0 Å². The van der Waals surface area contributed by atoms with Crippen molar-refractivity contribution in [3.63, 3.8) is 0 Å². The average Bonchev–Trinajstić information content (AvgIpc) is 3.35. The molecule has 3 aromatic rings. The number of H-pyrrole nitrogens is 1. The number of aromatic amines is 1. The first-order valence-electron chi connectivity index (χ1n) is 8.34. The summed E-state index contributed by atoms with van der Waals surface area (Å²) < 4.78 is 6.45. The lowest BCUT2D eigenvalue weighted by Gasteiger charge is -2.21. The van der Waals surface area contributed by atoms with Crippen molar-refractivity contribution >= 4 is 57.2 Å². The summed E-state index contributed by atoms with van der Waals surface area (Å²) >= 11 is 5.24. The Kier molecular flexibility index (Phi) is 8.77. The highest BCUT2D eigenvalue weighted by molar-refractivity contribution is 14.0. The fraction of sp³-hybridized carbons (Fsp3) is 0.353. The van der Waals surface area contributed by atoms with E-state index >= 15 is 0 Å². The third-order valence-electron chi connectivity index (χ3n) is 3.60. The molecule has 3 rings (SSSR count). The molecular weight excluding hydrogens is 543 g/mol. The highest BCUT2D eigenvalue weighted by Gasteiger charge is 2.10. The Labute approximate surface area is 187 Å². The lowest BCUT2D eigenvalue weighted by atomic mass is 10.4. The predicted molar refractivity (Wildman–Crippen MR) is 123 cm³/mol. The minimum atomic E-state index is 0. The van der Waals surface area contributed by atoms with Crippen molar-refractivity contribution < 1.29 is 4.42 Å². The number of guanidine groups is 1. The maximum atomic E-state index is 5.31. The Morgan fingerprint density at radius 1 is 1.41 bits per heavy atom. The lowest BCUT2D eigenvalue weighted by molar-refractivity contribution is 0.481. The number of aromatic nitrogens is 3. The van der Waals surface area contributed by atoms with Crippen molar-refractivity contribution in [1.29, 1.82) is 0 Å². The molecule has 0 aliphatic carbocycles. The van der Waals surface area contributed by atoms with Crippen LogP contribution in [-0.4, -0.2) is 46.2 Å². The molecule has 0 radical (unpaired) electrons. The number of nitrogens with zero attached hydrogens (tertiary/aromatic N) is 4. The van der Waals surface area contributed by atoms with Crippen LogP contribution in [0.25, 0.3) is 11.6 Å². The van der Waals surface area contributed by atoms with Crippen LogP contribution in [0.1, 0.15) is 17.6 Å². The number of halogens is 2. The summed E-state index contributed by atoms with van der Waals surface area (Å²) in [7, 11) is 2.04. The van der Waals surface area contributed by atoms with Gasteiger partial charge in [-0.25, -0.2) is 4.98 Å². The molecule has 0 fully saturated rings. The van der Waals surface area contributed by atoms with Gasteiger partial charge >= 0.3 is 0 Å². The van der Waals surface area contributed by atoms with Gasteiger partial charge in [0.1, 0.15) is 5.82 Å². The van der Waals surface area contributed by atoms with Gasteiger partial charge in [-0.05, 0) is 47.1 Å². The largest absolute Gasteiger partial charge is 0.461 e.